The van der Waals surface area contributed by atoms with E-state index in [4.69, 9.17) is 23.2 Å². The number of benzene rings is 2. The molecule has 0 bridgehead atoms. The Kier molecular flexibility index (Phi) is 6.02. The Morgan fingerprint density at radius 3 is 2.64 bits per heavy atom. The molecule has 5 heteroatoms. The van der Waals surface area contributed by atoms with Crippen LogP contribution < -0.4 is 5.32 Å². The van der Waals surface area contributed by atoms with Gasteiger partial charge in [-0.15, -0.1) is 0 Å². The van der Waals surface area contributed by atoms with E-state index < -0.39 is 0 Å². The summed E-state index contributed by atoms with van der Waals surface area (Å²) < 4.78 is 2.23. The molecule has 3 rings (SSSR count). The van der Waals surface area contributed by atoms with Gasteiger partial charge in [-0.05, 0) is 35.7 Å². The Balaban J connectivity index is 1.89. The van der Waals surface area contributed by atoms with E-state index in [1.54, 1.807) is 0 Å². The van der Waals surface area contributed by atoms with Gasteiger partial charge < -0.3 is 15.0 Å². The maximum atomic E-state index is 9.37. The Labute approximate surface area is 158 Å². The van der Waals surface area contributed by atoms with E-state index in [1.165, 1.54) is 16.5 Å². The van der Waals surface area contributed by atoms with Crippen LogP contribution in [0, 0.1) is 0 Å². The second kappa shape index (κ2) is 8.24. The Hall–Kier alpha value is -1.52. The van der Waals surface area contributed by atoms with Gasteiger partial charge in [0.1, 0.15) is 0 Å². The fourth-order valence-electron chi connectivity index (χ4n) is 3.02. The average Bonchev–Trinajstić information content (AvgIpc) is 2.97. The number of nitrogens with zero attached hydrogens (tertiary/aromatic N) is 1. The van der Waals surface area contributed by atoms with E-state index in [9.17, 15) is 5.11 Å². The predicted molar refractivity (Wildman–Crippen MR) is 106 cm³/mol. The molecule has 0 saturated heterocycles. The van der Waals surface area contributed by atoms with E-state index in [0.29, 0.717) is 10.0 Å². The van der Waals surface area contributed by atoms with Gasteiger partial charge in [0, 0.05) is 36.2 Å². The summed E-state index contributed by atoms with van der Waals surface area (Å²) in [6.07, 6.45) is 3.07. The molecule has 0 amide bonds. The summed E-state index contributed by atoms with van der Waals surface area (Å²) in [6, 6.07) is 14.2. The average molecular weight is 377 g/mol. The van der Waals surface area contributed by atoms with Crippen molar-refractivity contribution in [2.45, 2.75) is 32.5 Å². The SMILES string of the molecule is CC[C@H](CO)NCc1cn(Cc2ccc(Cl)c(Cl)c2)c2ccccc12. The molecule has 132 valence electrons. The fraction of sp³-hybridized carbons (Fsp3) is 0.300. The van der Waals surface area contributed by atoms with Crippen molar-refractivity contribution in [1.82, 2.24) is 9.88 Å². The molecule has 3 aromatic rings. The van der Waals surface area contributed by atoms with Gasteiger partial charge in [-0.3, -0.25) is 0 Å². The van der Waals surface area contributed by atoms with Crippen LogP contribution in [0.5, 0.6) is 0 Å². The van der Waals surface area contributed by atoms with Gasteiger partial charge in [-0.25, -0.2) is 0 Å². The summed E-state index contributed by atoms with van der Waals surface area (Å²) in [6.45, 7) is 3.68. The molecule has 0 saturated carbocycles. The standard InChI is InChI=1S/C20H22Cl2N2O/c1-2-16(13-25)23-10-15-12-24(20-6-4-3-5-17(15)20)11-14-7-8-18(21)19(22)9-14/h3-9,12,16,23,25H,2,10-11,13H2,1H3/t16-/m1/s1. The van der Waals surface area contributed by atoms with Gasteiger partial charge in [-0.1, -0.05) is 54.4 Å². The second-order valence-corrected chi connectivity index (χ2v) is 7.03. The molecule has 0 spiro atoms. The molecule has 0 aliphatic heterocycles. The molecular weight excluding hydrogens is 355 g/mol. The zero-order valence-corrected chi connectivity index (χ0v) is 15.7. The van der Waals surface area contributed by atoms with Crippen molar-refractivity contribution in [3.63, 3.8) is 0 Å². The minimum atomic E-state index is 0.122. The third-order valence-corrected chi connectivity index (χ3v) is 5.24. The number of para-hydroxylation sites is 1. The van der Waals surface area contributed by atoms with E-state index in [0.717, 1.165) is 25.1 Å². The van der Waals surface area contributed by atoms with Crippen LogP contribution in [0.1, 0.15) is 24.5 Å². The van der Waals surface area contributed by atoms with Gasteiger partial charge in [0.25, 0.3) is 0 Å². The lowest BCUT2D eigenvalue weighted by Gasteiger charge is -2.13. The summed E-state index contributed by atoms with van der Waals surface area (Å²) in [5.41, 5.74) is 3.52. The van der Waals surface area contributed by atoms with E-state index >= 15 is 0 Å². The highest BCUT2D eigenvalue weighted by Crippen LogP contribution is 2.26. The van der Waals surface area contributed by atoms with Crippen molar-refractivity contribution in [1.29, 1.82) is 0 Å². The lowest BCUT2D eigenvalue weighted by Crippen LogP contribution is -2.31. The Morgan fingerprint density at radius 2 is 1.92 bits per heavy atom. The number of rotatable bonds is 7. The van der Waals surface area contributed by atoms with Crippen LogP contribution in [0.3, 0.4) is 0 Å². The monoisotopic (exact) mass is 376 g/mol. The highest BCUT2D eigenvalue weighted by Gasteiger charge is 2.11. The maximum absolute atomic E-state index is 9.37. The van der Waals surface area contributed by atoms with Crippen molar-refractivity contribution < 1.29 is 5.11 Å². The number of aromatic nitrogens is 1. The number of hydrogen-bond acceptors (Lipinski definition) is 2. The minimum Gasteiger partial charge on any atom is -0.395 e. The number of nitrogens with one attached hydrogen (secondary N) is 1. The highest BCUT2D eigenvalue weighted by molar-refractivity contribution is 6.42. The Morgan fingerprint density at radius 1 is 1.12 bits per heavy atom. The van der Waals surface area contributed by atoms with Crippen molar-refractivity contribution in [3.8, 4) is 0 Å². The first-order valence-electron chi connectivity index (χ1n) is 8.47. The summed E-state index contributed by atoms with van der Waals surface area (Å²) in [5, 5.41) is 15.2. The molecule has 2 N–H and O–H groups in total. The van der Waals surface area contributed by atoms with E-state index in [-0.39, 0.29) is 12.6 Å². The molecular formula is C20H22Cl2N2O. The summed E-state index contributed by atoms with van der Waals surface area (Å²) in [4.78, 5) is 0. The van der Waals surface area contributed by atoms with Gasteiger partial charge in [0.15, 0.2) is 0 Å². The zero-order chi connectivity index (χ0) is 17.8. The molecule has 0 unspecified atom stereocenters. The van der Waals surface area contributed by atoms with Crippen LogP contribution in [-0.4, -0.2) is 22.3 Å². The van der Waals surface area contributed by atoms with Gasteiger partial charge in [0.2, 0.25) is 0 Å². The summed E-state index contributed by atoms with van der Waals surface area (Å²) in [7, 11) is 0. The van der Waals surface area contributed by atoms with Gasteiger partial charge in [-0.2, -0.15) is 0 Å². The molecule has 3 nitrogen and oxygen atoms in total. The van der Waals surface area contributed by atoms with Crippen molar-refractivity contribution >= 4 is 34.1 Å². The zero-order valence-electron chi connectivity index (χ0n) is 14.2. The Bertz CT molecular complexity index is 856. The van der Waals surface area contributed by atoms with Crippen LogP contribution >= 0.6 is 23.2 Å². The molecule has 1 heterocycles. The van der Waals surface area contributed by atoms with Crippen molar-refractivity contribution in [2.75, 3.05) is 6.61 Å². The highest BCUT2D eigenvalue weighted by atomic mass is 35.5. The first kappa shape index (κ1) is 18.3. The first-order valence-corrected chi connectivity index (χ1v) is 9.23. The normalized spacial score (nSPS) is 12.6. The molecule has 1 aromatic heterocycles. The molecule has 0 aliphatic rings. The largest absolute Gasteiger partial charge is 0.395 e. The number of aliphatic hydroxyl groups excluding tert-OH is 1. The third kappa shape index (κ3) is 4.18. The number of halogens is 2. The van der Waals surface area contributed by atoms with Crippen LogP contribution in [0.15, 0.2) is 48.7 Å². The van der Waals surface area contributed by atoms with Crippen molar-refractivity contribution in [2.24, 2.45) is 0 Å². The van der Waals surface area contributed by atoms with Crippen molar-refractivity contribution in [3.05, 3.63) is 69.8 Å². The van der Waals surface area contributed by atoms with Crippen LogP contribution in [0.25, 0.3) is 10.9 Å². The minimum absolute atomic E-state index is 0.122. The van der Waals surface area contributed by atoms with Crippen LogP contribution in [-0.2, 0) is 13.1 Å². The third-order valence-electron chi connectivity index (χ3n) is 4.50. The summed E-state index contributed by atoms with van der Waals surface area (Å²) in [5.74, 6) is 0. The van der Waals surface area contributed by atoms with Crippen LogP contribution in [0.4, 0.5) is 0 Å². The summed E-state index contributed by atoms with van der Waals surface area (Å²) >= 11 is 12.2. The van der Waals surface area contributed by atoms with Crippen LogP contribution in [0.2, 0.25) is 10.0 Å². The number of aliphatic hydroxyl groups is 1. The molecule has 0 aliphatic carbocycles. The lowest BCUT2D eigenvalue weighted by atomic mass is 10.1. The second-order valence-electron chi connectivity index (χ2n) is 6.22. The first-order chi connectivity index (χ1) is 12.1. The van der Waals surface area contributed by atoms with E-state index in [1.807, 2.05) is 24.3 Å². The maximum Gasteiger partial charge on any atom is 0.0595 e. The number of hydrogen-bond donors (Lipinski definition) is 2. The number of fused-ring (bicyclic) bond motifs is 1. The quantitative estimate of drug-likeness (QED) is 0.617. The topological polar surface area (TPSA) is 37.2 Å². The molecule has 2 aromatic carbocycles. The van der Waals surface area contributed by atoms with Gasteiger partial charge >= 0.3 is 0 Å². The molecule has 0 radical (unpaired) electrons. The van der Waals surface area contributed by atoms with E-state index in [2.05, 4.69) is 41.2 Å². The lowest BCUT2D eigenvalue weighted by molar-refractivity contribution is 0.238. The molecule has 25 heavy (non-hydrogen) atoms. The van der Waals surface area contributed by atoms with Gasteiger partial charge in [0.05, 0.1) is 16.7 Å². The molecule has 0 fully saturated rings. The predicted octanol–water partition coefficient (Wildman–Crippen LogP) is 4.86. The smallest absolute Gasteiger partial charge is 0.0595 e. The fourth-order valence-corrected chi connectivity index (χ4v) is 3.34. The molecule has 1 atom stereocenters.